The Morgan fingerprint density at radius 3 is 2.32 bits per heavy atom. The van der Waals surface area contributed by atoms with E-state index >= 15 is 0 Å². The molecule has 0 aliphatic heterocycles. The summed E-state index contributed by atoms with van der Waals surface area (Å²) < 4.78 is 1.79. The Morgan fingerprint density at radius 1 is 0.882 bits per heavy atom. The molecular weight excluding hydrogens is 442 g/mol. The van der Waals surface area contributed by atoms with Crippen molar-refractivity contribution < 1.29 is 4.79 Å². The van der Waals surface area contributed by atoms with Crippen LogP contribution in [0.5, 0.6) is 0 Å². The molecule has 2 heterocycles. The molecule has 0 aliphatic carbocycles. The summed E-state index contributed by atoms with van der Waals surface area (Å²) in [6, 6.07) is 27.4. The van der Waals surface area contributed by atoms with E-state index in [9.17, 15) is 4.79 Å². The average molecular weight is 466 g/mol. The summed E-state index contributed by atoms with van der Waals surface area (Å²) in [6.07, 6.45) is 0.320. The van der Waals surface area contributed by atoms with Crippen molar-refractivity contribution in [3.8, 4) is 11.4 Å². The van der Waals surface area contributed by atoms with E-state index < -0.39 is 0 Å². The van der Waals surface area contributed by atoms with E-state index in [1.54, 1.807) is 16.3 Å². The third kappa shape index (κ3) is 4.56. The van der Waals surface area contributed by atoms with Gasteiger partial charge >= 0.3 is 0 Å². The number of hydrogen-bond acceptors (Lipinski definition) is 5. The van der Waals surface area contributed by atoms with Crippen LogP contribution < -0.4 is 5.32 Å². The summed E-state index contributed by atoms with van der Waals surface area (Å²) in [6.45, 7) is 4.01. The molecule has 1 amide bonds. The molecule has 2 aromatic heterocycles. The Kier molecular flexibility index (Phi) is 6.10. The zero-order valence-corrected chi connectivity index (χ0v) is 19.7. The minimum Gasteiger partial charge on any atom is -0.325 e. The van der Waals surface area contributed by atoms with Crippen LogP contribution in [0.2, 0.25) is 0 Å². The molecule has 0 saturated carbocycles. The number of carbonyl (C=O) groups excluding carboxylic acids is 1. The minimum atomic E-state index is -0.0563. The molecular formula is C27H23N5OS. The van der Waals surface area contributed by atoms with E-state index in [4.69, 9.17) is 5.10 Å². The molecule has 7 heteroatoms. The van der Waals surface area contributed by atoms with Crippen molar-refractivity contribution in [3.05, 3.63) is 102 Å². The van der Waals surface area contributed by atoms with E-state index in [2.05, 4.69) is 15.3 Å². The zero-order valence-electron chi connectivity index (χ0n) is 18.9. The fourth-order valence-electron chi connectivity index (χ4n) is 3.63. The molecule has 0 aliphatic rings. The van der Waals surface area contributed by atoms with E-state index in [0.29, 0.717) is 18.0 Å². The number of aryl methyl sites for hydroxylation is 1. The van der Waals surface area contributed by atoms with Crippen molar-refractivity contribution in [1.82, 2.24) is 19.6 Å². The van der Waals surface area contributed by atoms with Crippen LogP contribution in [0, 0.1) is 13.8 Å². The van der Waals surface area contributed by atoms with Crippen molar-refractivity contribution >= 4 is 29.1 Å². The number of aromatic nitrogens is 4. The summed E-state index contributed by atoms with van der Waals surface area (Å²) in [5.74, 6) is 1.12. The lowest BCUT2D eigenvalue weighted by Crippen LogP contribution is -2.15. The van der Waals surface area contributed by atoms with Crippen LogP contribution in [-0.2, 0) is 11.2 Å². The quantitative estimate of drug-likeness (QED) is 0.324. The van der Waals surface area contributed by atoms with Gasteiger partial charge in [-0.1, -0.05) is 84.6 Å². The number of nitrogens with one attached hydrogen (secondary N) is 1. The summed E-state index contributed by atoms with van der Waals surface area (Å²) in [5, 5.41) is 8.75. The second kappa shape index (κ2) is 9.49. The standard InChI is InChI=1S/C27H23N5OS/c1-18-19(2)28-27-30-25(21-13-7-4-8-14-21)31-32(27)26(18)34-23-16-10-9-15-22(23)29-24(33)17-20-11-5-3-6-12-20/h3-16H,17H2,1-2H3,(H,29,33). The summed E-state index contributed by atoms with van der Waals surface area (Å²) in [7, 11) is 0. The third-order valence-electron chi connectivity index (χ3n) is 5.52. The number of hydrogen-bond donors (Lipinski definition) is 1. The van der Waals surface area contributed by atoms with Gasteiger partial charge in [0.1, 0.15) is 5.03 Å². The van der Waals surface area contributed by atoms with Gasteiger partial charge < -0.3 is 5.32 Å². The molecule has 6 nitrogen and oxygen atoms in total. The summed E-state index contributed by atoms with van der Waals surface area (Å²) in [5.41, 5.74) is 4.59. The smallest absolute Gasteiger partial charge is 0.254 e. The van der Waals surface area contributed by atoms with Crippen LogP contribution >= 0.6 is 11.8 Å². The van der Waals surface area contributed by atoms with Gasteiger partial charge in [0, 0.05) is 21.7 Å². The fraction of sp³-hybridized carbons (Fsp3) is 0.111. The number of carbonyl (C=O) groups is 1. The van der Waals surface area contributed by atoms with E-state index in [1.807, 2.05) is 98.8 Å². The van der Waals surface area contributed by atoms with Crippen LogP contribution in [0.4, 0.5) is 5.69 Å². The highest BCUT2D eigenvalue weighted by molar-refractivity contribution is 7.99. The van der Waals surface area contributed by atoms with Crippen molar-refractivity contribution in [1.29, 1.82) is 0 Å². The van der Waals surface area contributed by atoms with Gasteiger partial charge in [0.25, 0.3) is 5.78 Å². The first kappa shape index (κ1) is 21.9. The van der Waals surface area contributed by atoms with Crippen LogP contribution in [0.1, 0.15) is 16.8 Å². The molecule has 3 aromatic carbocycles. The van der Waals surface area contributed by atoms with Gasteiger partial charge in [0.15, 0.2) is 5.82 Å². The maximum atomic E-state index is 12.7. The molecule has 0 unspecified atom stereocenters. The second-order valence-corrected chi connectivity index (χ2v) is 8.98. The Labute approximate surface area is 202 Å². The van der Waals surface area contributed by atoms with Gasteiger partial charge in [0.05, 0.1) is 12.1 Å². The van der Waals surface area contributed by atoms with Crippen molar-refractivity contribution in [3.63, 3.8) is 0 Å². The molecule has 0 saturated heterocycles. The van der Waals surface area contributed by atoms with Crippen LogP contribution in [-0.4, -0.2) is 25.5 Å². The maximum absolute atomic E-state index is 12.7. The number of fused-ring (bicyclic) bond motifs is 1. The van der Waals surface area contributed by atoms with Crippen LogP contribution in [0.3, 0.4) is 0 Å². The highest BCUT2D eigenvalue weighted by atomic mass is 32.2. The molecule has 0 atom stereocenters. The van der Waals surface area contributed by atoms with E-state index in [1.165, 1.54) is 0 Å². The van der Waals surface area contributed by atoms with E-state index in [0.717, 1.165) is 38.0 Å². The molecule has 168 valence electrons. The predicted octanol–water partition coefficient (Wildman–Crippen LogP) is 5.74. The maximum Gasteiger partial charge on any atom is 0.254 e. The Hall–Kier alpha value is -3.97. The van der Waals surface area contributed by atoms with Gasteiger partial charge in [-0.05, 0) is 31.5 Å². The molecule has 5 aromatic rings. The molecule has 5 rings (SSSR count). The van der Waals surface area contributed by atoms with E-state index in [-0.39, 0.29) is 5.91 Å². The van der Waals surface area contributed by atoms with Crippen molar-refractivity contribution in [2.75, 3.05) is 5.32 Å². The molecule has 0 spiro atoms. The number of nitrogens with zero attached hydrogens (tertiary/aromatic N) is 4. The molecule has 34 heavy (non-hydrogen) atoms. The van der Waals surface area contributed by atoms with Gasteiger partial charge in [-0.3, -0.25) is 4.79 Å². The predicted molar refractivity (Wildman–Crippen MR) is 135 cm³/mol. The largest absolute Gasteiger partial charge is 0.325 e. The zero-order chi connectivity index (χ0) is 23.5. The van der Waals surface area contributed by atoms with Gasteiger partial charge in [0.2, 0.25) is 5.91 Å². The number of benzene rings is 3. The highest BCUT2D eigenvalue weighted by Crippen LogP contribution is 2.36. The Morgan fingerprint density at radius 2 is 1.56 bits per heavy atom. The fourth-order valence-corrected chi connectivity index (χ4v) is 4.72. The highest BCUT2D eigenvalue weighted by Gasteiger charge is 2.17. The van der Waals surface area contributed by atoms with Gasteiger partial charge in [-0.2, -0.15) is 9.50 Å². The first-order valence-electron chi connectivity index (χ1n) is 11.0. The van der Waals surface area contributed by atoms with Crippen molar-refractivity contribution in [2.24, 2.45) is 0 Å². The number of amides is 1. The first-order valence-corrected chi connectivity index (χ1v) is 11.8. The molecule has 1 N–H and O–H groups in total. The first-order chi connectivity index (χ1) is 16.6. The molecule has 0 bridgehead atoms. The molecule has 0 fully saturated rings. The number of anilines is 1. The van der Waals surface area contributed by atoms with Crippen molar-refractivity contribution in [2.45, 2.75) is 30.2 Å². The Bertz CT molecular complexity index is 1470. The van der Waals surface area contributed by atoms with Gasteiger partial charge in [-0.15, -0.1) is 5.10 Å². The SMILES string of the molecule is Cc1nc2nc(-c3ccccc3)nn2c(Sc2ccccc2NC(=O)Cc2ccccc2)c1C. The Balaban J connectivity index is 1.48. The lowest BCUT2D eigenvalue weighted by Gasteiger charge is -2.13. The minimum absolute atomic E-state index is 0.0563. The number of para-hydroxylation sites is 1. The van der Waals surface area contributed by atoms with Crippen LogP contribution in [0.25, 0.3) is 17.2 Å². The third-order valence-corrected chi connectivity index (χ3v) is 6.77. The molecule has 0 radical (unpaired) electrons. The summed E-state index contributed by atoms with van der Waals surface area (Å²) >= 11 is 1.55. The second-order valence-electron chi connectivity index (χ2n) is 7.95. The lowest BCUT2D eigenvalue weighted by atomic mass is 10.1. The number of rotatable bonds is 6. The lowest BCUT2D eigenvalue weighted by molar-refractivity contribution is -0.115. The monoisotopic (exact) mass is 465 g/mol. The van der Waals surface area contributed by atoms with Gasteiger partial charge in [-0.25, -0.2) is 4.98 Å². The summed E-state index contributed by atoms with van der Waals surface area (Å²) in [4.78, 5) is 23.0. The normalized spacial score (nSPS) is 11.0. The van der Waals surface area contributed by atoms with Crippen LogP contribution in [0.15, 0.2) is 94.9 Å². The average Bonchev–Trinajstić information content (AvgIpc) is 3.28. The topological polar surface area (TPSA) is 72.2 Å².